The minimum Gasteiger partial charge on any atom is -0.338 e. The second-order valence-electron chi connectivity index (χ2n) is 8.68. The number of hydrogen-bond donors (Lipinski definition) is 0. The van der Waals surface area contributed by atoms with Crippen LogP contribution in [0.15, 0.2) is 24.3 Å². The van der Waals surface area contributed by atoms with Gasteiger partial charge in [-0.05, 0) is 50.2 Å². The maximum absolute atomic E-state index is 13.3. The number of carbonyl (C=O) groups excluding carboxylic acids is 1. The van der Waals surface area contributed by atoms with E-state index in [1.807, 2.05) is 4.90 Å². The number of sulfonamides is 1. The summed E-state index contributed by atoms with van der Waals surface area (Å²) < 4.78 is 26.6. The molecule has 0 radical (unpaired) electrons. The van der Waals surface area contributed by atoms with E-state index in [4.69, 9.17) is 0 Å². The minimum atomic E-state index is -3.30. The lowest BCUT2D eigenvalue weighted by Crippen LogP contribution is -2.50. The van der Waals surface area contributed by atoms with Crippen molar-refractivity contribution in [3.63, 3.8) is 0 Å². The summed E-state index contributed by atoms with van der Waals surface area (Å²) in [5.74, 6) is 0.620. The zero-order valence-electron chi connectivity index (χ0n) is 16.9. The number of benzene rings is 1. The van der Waals surface area contributed by atoms with E-state index in [0.29, 0.717) is 32.0 Å². The molecule has 2 aliphatic heterocycles. The summed E-state index contributed by atoms with van der Waals surface area (Å²) in [5, 5.41) is -0.443. The smallest absolute Gasteiger partial charge is 0.230 e. The van der Waals surface area contributed by atoms with Crippen molar-refractivity contribution >= 4 is 15.9 Å². The number of rotatable bonds is 5. The molecule has 0 bridgehead atoms. The van der Waals surface area contributed by atoms with E-state index in [2.05, 4.69) is 38.1 Å². The van der Waals surface area contributed by atoms with Crippen molar-refractivity contribution < 1.29 is 13.2 Å². The Morgan fingerprint density at radius 1 is 1.04 bits per heavy atom. The van der Waals surface area contributed by atoms with Gasteiger partial charge in [-0.15, -0.1) is 0 Å². The minimum absolute atomic E-state index is 0.128. The molecule has 5 nitrogen and oxygen atoms in total. The number of piperidine rings is 1. The summed E-state index contributed by atoms with van der Waals surface area (Å²) in [6, 6.07) is 8.48. The molecule has 2 heterocycles. The molecule has 2 fully saturated rings. The summed E-state index contributed by atoms with van der Waals surface area (Å²) in [6.07, 6.45) is 2.37. The standard InChI is InChI=1S/C21H32N2O3S/c1-16(2)19-8-6-18(7-9-19)14-22-12-5-10-21(20(22)24)11-13-23(15-21)27(25,26)17(3)4/h6-9,16-17H,5,10-15H2,1-4H3/t21-/m1/s1. The first-order chi connectivity index (χ1) is 12.7. The first-order valence-corrected chi connectivity index (χ1v) is 11.5. The van der Waals surface area contributed by atoms with Crippen LogP contribution in [0.1, 0.15) is 64.0 Å². The van der Waals surface area contributed by atoms with Crippen molar-refractivity contribution in [2.24, 2.45) is 5.41 Å². The molecule has 2 saturated heterocycles. The van der Waals surface area contributed by atoms with E-state index in [9.17, 15) is 13.2 Å². The fourth-order valence-corrected chi connectivity index (χ4v) is 5.63. The molecular weight excluding hydrogens is 360 g/mol. The maximum Gasteiger partial charge on any atom is 0.230 e. The summed E-state index contributed by atoms with van der Waals surface area (Å²) in [6.45, 7) is 9.91. The van der Waals surface area contributed by atoms with Crippen LogP contribution in [-0.4, -0.2) is 48.4 Å². The van der Waals surface area contributed by atoms with Gasteiger partial charge < -0.3 is 4.90 Å². The second kappa shape index (κ2) is 7.55. The lowest BCUT2D eigenvalue weighted by atomic mass is 9.78. The Morgan fingerprint density at radius 2 is 1.70 bits per heavy atom. The SMILES string of the molecule is CC(C)c1ccc(CN2CCC[C@]3(CCN(S(=O)(=O)C(C)C)C3)C2=O)cc1. The summed E-state index contributed by atoms with van der Waals surface area (Å²) in [5.41, 5.74) is 1.90. The third-order valence-corrected chi connectivity index (χ3v) is 8.34. The van der Waals surface area contributed by atoms with Crippen LogP contribution >= 0.6 is 0 Å². The number of nitrogens with zero attached hydrogens (tertiary/aromatic N) is 2. The molecule has 1 amide bonds. The first kappa shape index (κ1) is 20.3. The van der Waals surface area contributed by atoms with Crippen molar-refractivity contribution in [3.8, 4) is 0 Å². The number of carbonyl (C=O) groups is 1. The highest BCUT2D eigenvalue weighted by Crippen LogP contribution is 2.41. The van der Waals surface area contributed by atoms with E-state index in [-0.39, 0.29) is 5.91 Å². The van der Waals surface area contributed by atoms with Gasteiger partial charge in [0.05, 0.1) is 10.7 Å². The number of hydrogen-bond acceptors (Lipinski definition) is 3. The van der Waals surface area contributed by atoms with Crippen LogP contribution in [0.25, 0.3) is 0 Å². The van der Waals surface area contributed by atoms with Gasteiger partial charge in [-0.25, -0.2) is 12.7 Å². The molecule has 1 aromatic carbocycles. The largest absolute Gasteiger partial charge is 0.338 e. The molecule has 2 aliphatic rings. The maximum atomic E-state index is 13.3. The normalized spacial score (nSPS) is 24.5. The molecule has 0 saturated carbocycles. The van der Waals surface area contributed by atoms with Crippen LogP contribution in [0.2, 0.25) is 0 Å². The molecule has 6 heteroatoms. The van der Waals surface area contributed by atoms with E-state index in [0.717, 1.165) is 24.9 Å². The first-order valence-electron chi connectivity index (χ1n) is 10.0. The average Bonchev–Trinajstić information content (AvgIpc) is 3.05. The lowest BCUT2D eigenvalue weighted by Gasteiger charge is -2.39. The molecule has 0 unspecified atom stereocenters. The van der Waals surface area contributed by atoms with Crippen molar-refractivity contribution in [1.29, 1.82) is 0 Å². The summed E-state index contributed by atoms with van der Waals surface area (Å²) >= 11 is 0. The fraction of sp³-hybridized carbons (Fsp3) is 0.667. The average molecular weight is 393 g/mol. The van der Waals surface area contributed by atoms with Crippen LogP contribution in [0.3, 0.4) is 0 Å². The van der Waals surface area contributed by atoms with Gasteiger partial charge in [0.15, 0.2) is 0 Å². The quantitative estimate of drug-likeness (QED) is 0.772. The van der Waals surface area contributed by atoms with E-state index >= 15 is 0 Å². The van der Waals surface area contributed by atoms with E-state index < -0.39 is 20.7 Å². The Balaban J connectivity index is 1.73. The van der Waals surface area contributed by atoms with Crippen molar-refractivity contribution in [1.82, 2.24) is 9.21 Å². The highest BCUT2D eigenvalue weighted by molar-refractivity contribution is 7.89. The van der Waals surface area contributed by atoms with Crippen LogP contribution in [0.5, 0.6) is 0 Å². The van der Waals surface area contributed by atoms with Crippen LogP contribution < -0.4 is 0 Å². The monoisotopic (exact) mass is 392 g/mol. The molecule has 0 N–H and O–H groups in total. The molecule has 3 rings (SSSR count). The Kier molecular flexibility index (Phi) is 5.69. The zero-order chi connectivity index (χ0) is 19.8. The number of amides is 1. The Bertz CT molecular complexity index is 786. The predicted octanol–water partition coefficient (Wildman–Crippen LogP) is 3.36. The molecule has 0 aromatic heterocycles. The molecule has 1 aromatic rings. The van der Waals surface area contributed by atoms with Gasteiger partial charge >= 0.3 is 0 Å². The molecular formula is C21H32N2O3S. The van der Waals surface area contributed by atoms with Crippen molar-refractivity contribution in [3.05, 3.63) is 35.4 Å². The topological polar surface area (TPSA) is 57.7 Å². The van der Waals surface area contributed by atoms with Gasteiger partial charge in [0.25, 0.3) is 0 Å². The predicted molar refractivity (Wildman–Crippen MR) is 108 cm³/mol. The lowest BCUT2D eigenvalue weighted by molar-refractivity contribution is -0.146. The molecule has 1 spiro atoms. The van der Waals surface area contributed by atoms with Crippen molar-refractivity contribution in [2.45, 2.75) is 64.7 Å². The Morgan fingerprint density at radius 3 is 2.30 bits per heavy atom. The fourth-order valence-electron chi connectivity index (χ4n) is 4.26. The van der Waals surface area contributed by atoms with E-state index in [1.165, 1.54) is 9.87 Å². The van der Waals surface area contributed by atoms with Gasteiger partial charge in [-0.3, -0.25) is 4.79 Å². The third-order valence-electron chi connectivity index (χ3n) is 6.12. The van der Waals surface area contributed by atoms with Crippen LogP contribution in [-0.2, 0) is 21.4 Å². The second-order valence-corrected chi connectivity index (χ2v) is 11.2. The highest BCUT2D eigenvalue weighted by Gasteiger charge is 2.51. The Labute approximate surface area is 163 Å². The Hall–Kier alpha value is -1.40. The van der Waals surface area contributed by atoms with Gasteiger partial charge in [-0.1, -0.05) is 38.1 Å². The molecule has 0 aliphatic carbocycles. The summed E-state index contributed by atoms with van der Waals surface area (Å²) in [7, 11) is -3.30. The zero-order valence-corrected chi connectivity index (χ0v) is 17.8. The van der Waals surface area contributed by atoms with Gasteiger partial charge in [-0.2, -0.15) is 0 Å². The molecule has 1 atom stereocenters. The number of likely N-dealkylation sites (tertiary alicyclic amines) is 1. The van der Waals surface area contributed by atoms with E-state index in [1.54, 1.807) is 13.8 Å². The summed E-state index contributed by atoms with van der Waals surface area (Å²) in [4.78, 5) is 15.2. The van der Waals surface area contributed by atoms with Crippen molar-refractivity contribution in [2.75, 3.05) is 19.6 Å². The van der Waals surface area contributed by atoms with Gasteiger partial charge in [0.2, 0.25) is 15.9 Å². The molecule has 27 heavy (non-hydrogen) atoms. The third kappa shape index (κ3) is 3.92. The van der Waals surface area contributed by atoms with Gasteiger partial charge in [0, 0.05) is 26.2 Å². The van der Waals surface area contributed by atoms with Gasteiger partial charge in [0.1, 0.15) is 0 Å². The van der Waals surface area contributed by atoms with Crippen LogP contribution in [0.4, 0.5) is 0 Å². The van der Waals surface area contributed by atoms with Crippen LogP contribution in [0, 0.1) is 5.41 Å². The molecule has 150 valence electrons. The highest BCUT2D eigenvalue weighted by atomic mass is 32.2.